The first-order chi connectivity index (χ1) is 9.59. The number of halogens is 6. The number of alkyl halides is 6. The van der Waals surface area contributed by atoms with E-state index in [4.69, 9.17) is 0 Å². The summed E-state index contributed by atoms with van der Waals surface area (Å²) in [6, 6.07) is 0. The van der Waals surface area contributed by atoms with E-state index in [1.807, 2.05) is 0 Å². The van der Waals surface area contributed by atoms with Crippen LogP contribution in [0.25, 0.3) is 0 Å². The number of hydrogen-bond acceptors (Lipinski definition) is 2. The molecule has 0 aromatic rings. The predicted octanol–water partition coefficient (Wildman–Crippen LogP) is 4.97. The molecule has 0 aromatic heterocycles. The molecule has 8 heteroatoms. The zero-order valence-corrected chi connectivity index (χ0v) is 12.0. The van der Waals surface area contributed by atoms with Crippen molar-refractivity contribution >= 4 is 0 Å². The van der Waals surface area contributed by atoms with E-state index in [2.05, 4.69) is 9.47 Å². The first kappa shape index (κ1) is 18.5. The van der Waals surface area contributed by atoms with Crippen LogP contribution in [0.3, 0.4) is 0 Å². The molecule has 0 spiro atoms. The molecule has 0 N–H and O–H groups in total. The third-order valence-electron chi connectivity index (χ3n) is 3.48. The molecule has 2 atom stereocenters. The SMILES string of the molecule is CCCC[C@@H]1OC(C(F)(F)F)(C(F)(F)F)O[C@@H]1CCCC. The molecule has 0 aliphatic carbocycles. The lowest BCUT2D eigenvalue weighted by Crippen LogP contribution is -2.58. The molecule has 126 valence electrons. The maximum Gasteiger partial charge on any atom is 0.453 e. The zero-order chi connectivity index (χ0) is 16.3. The van der Waals surface area contributed by atoms with Gasteiger partial charge in [-0.2, -0.15) is 26.3 Å². The summed E-state index contributed by atoms with van der Waals surface area (Å²) in [5.74, 6) is -4.49. The van der Waals surface area contributed by atoms with Gasteiger partial charge in [0.2, 0.25) is 0 Å². The second-order valence-electron chi connectivity index (χ2n) is 5.21. The molecule has 0 saturated carbocycles. The van der Waals surface area contributed by atoms with Crippen molar-refractivity contribution in [1.82, 2.24) is 0 Å². The van der Waals surface area contributed by atoms with E-state index in [0.29, 0.717) is 25.7 Å². The van der Waals surface area contributed by atoms with Crippen molar-refractivity contribution in [3.63, 3.8) is 0 Å². The molecular weight excluding hydrogens is 302 g/mol. The molecule has 2 nitrogen and oxygen atoms in total. The summed E-state index contributed by atoms with van der Waals surface area (Å²) >= 11 is 0. The third kappa shape index (κ3) is 3.83. The fourth-order valence-electron chi connectivity index (χ4n) is 2.33. The monoisotopic (exact) mass is 322 g/mol. The fourth-order valence-corrected chi connectivity index (χ4v) is 2.33. The van der Waals surface area contributed by atoms with Gasteiger partial charge < -0.3 is 9.47 Å². The average Bonchev–Trinajstić information content (AvgIpc) is 2.73. The van der Waals surface area contributed by atoms with Crippen LogP contribution in [0.4, 0.5) is 26.3 Å². The Morgan fingerprint density at radius 3 is 1.33 bits per heavy atom. The molecule has 1 heterocycles. The molecular formula is C13H20F6O2. The van der Waals surface area contributed by atoms with Crippen LogP contribution in [0.1, 0.15) is 52.4 Å². The van der Waals surface area contributed by atoms with E-state index in [9.17, 15) is 26.3 Å². The quantitative estimate of drug-likeness (QED) is 0.643. The van der Waals surface area contributed by atoms with Crippen LogP contribution in [0.15, 0.2) is 0 Å². The summed E-state index contributed by atoms with van der Waals surface area (Å²) < 4.78 is 86.4. The fraction of sp³-hybridized carbons (Fsp3) is 1.00. The Labute approximate surface area is 119 Å². The molecule has 1 rings (SSSR count). The standard InChI is InChI=1S/C13H20F6O2/c1-3-5-7-9-10(8-6-4-2)21-11(20-9,12(14,15)16)13(17,18)19/h9-10H,3-8H2,1-2H3/t9-,10+. The van der Waals surface area contributed by atoms with E-state index < -0.39 is 30.3 Å². The topological polar surface area (TPSA) is 18.5 Å². The summed E-state index contributed by atoms with van der Waals surface area (Å²) in [4.78, 5) is 0. The van der Waals surface area contributed by atoms with E-state index in [0.717, 1.165) is 0 Å². The van der Waals surface area contributed by atoms with Crippen molar-refractivity contribution < 1.29 is 35.8 Å². The van der Waals surface area contributed by atoms with Gasteiger partial charge in [-0.25, -0.2) is 0 Å². The summed E-state index contributed by atoms with van der Waals surface area (Å²) in [5, 5.41) is 0. The number of unbranched alkanes of at least 4 members (excludes halogenated alkanes) is 2. The molecule has 0 bridgehead atoms. The number of ether oxygens (including phenoxy) is 2. The van der Waals surface area contributed by atoms with Gasteiger partial charge >= 0.3 is 18.1 Å². The highest BCUT2D eigenvalue weighted by Gasteiger charge is 2.78. The summed E-state index contributed by atoms with van der Waals surface area (Å²) in [7, 11) is 0. The minimum atomic E-state index is -5.66. The normalized spacial score (nSPS) is 26.3. The lowest BCUT2D eigenvalue weighted by molar-refractivity contribution is -0.446. The smallest absolute Gasteiger partial charge is 0.329 e. The van der Waals surface area contributed by atoms with Gasteiger partial charge in [-0.15, -0.1) is 0 Å². The molecule has 1 fully saturated rings. The average molecular weight is 322 g/mol. The van der Waals surface area contributed by atoms with Crippen molar-refractivity contribution in [2.75, 3.05) is 0 Å². The Bertz CT molecular complexity index is 294. The highest BCUT2D eigenvalue weighted by atomic mass is 19.4. The minimum absolute atomic E-state index is 0.124. The van der Waals surface area contributed by atoms with E-state index in [1.165, 1.54) is 0 Å². The molecule has 0 aromatic carbocycles. The van der Waals surface area contributed by atoms with Crippen molar-refractivity contribution in [1.29, 1.82) is 0 Å². The Balaban J connectivity index is 3.02. The van der Waals surface area contributed by atoms with Gasteiger partial charge in [0.1, 0.15) is 0 Å². The maximum atomic E-state index is 12.9. The van der Waals surface area contributed by atoms with Crippen molar-refractivity contribution in [2.45, 2.75) is 82.7 Å². The Kier molecular flexibility index (Phi) is 5.94. The highest BCUT2D eigenvalue weighted by molar-refractivity contribution is 4.96. The number of rotatable bonds is 6. The first-order valence-electron chi connectivity index (χ1n) is 7.08. The van der Waals surface area contributed by atoms with Crippen LogP contribution >= 0.6 is 0 Å². The Morgan fingerprint density at radius 1 is 0.762 bits per heavy atom. The molecule has 0 amide bonds. The van der Waals surface area contributed by atoms with Gasteiger partial charge in [0.05, 0.1) is 12.2 Å². The molecule has 21 heavy (non-hydrogen) atoms. The van der Waals surface area contributed by atoms with Crippen molar-refractivity contribution in [3.05, 3.63) is 0 Å². The largest absolute Gasteiger partial charge is 0.453 e. The second kappa shape index (κ2) is 6.73. The van der Waals surface area contributed by atoms with Gasteiger partial charge in [-0.1, -0.05) is 39.5 Å². The Morgan fingerprint density at radius 2 is 1.10 bits per heavy atom. The highest BCUT2D eigenvalue weighted by Crippen LogP contribution is 2.52. The van der Waals surface area contributed by atoms with Gasteiger partial charge in [0, 0.05) is 0 Å². The van der Waals surface area contributed by atoms with Crippen LogP contribution in [-0.4, -0.2) is 30.3 Å². The zero-order valence-electron chi connectivity index (χ0n) is 12.0. The molecule has 1 saturated heterocycles. The summed E-state index contributed by atoms with van der Waals surface area (Å²) in [6.45, 7) is 3.61. The van der Waals surface area contributed by atoms with E-state index in [-0.39, 0.29) is 12.8 Å². The summed E-state index contributed by atoms with van der Waals surface area (Å²) in [5.41, 5.74) is 0. The van der Waals surface area contributed by atoms with Crippen molar-refractivity contribution in [3.8, 4) is 0 Å². The van der Waals surface area contributed by atoms with Gasteiger partial charge in [-0.3, -0.25) is 0 Å². The van der Waals surface area contributed by atoms with Gasteiger partial charge in [0.25, 0.3) is 0 Å². The van der Waals surface area contributed by atoms with Gasteiger partial charge in [-0.05, 0) is 12.8 Å². The number of hydrogen-bond donors (Lipinski definition) is 0. The molecule has 0 radical (unpaired) electrons. The van der Waals surface area contributed by atoms with E-state index in [1.54, 1.807) is 13.8 Å². The first-order valence-corrected chi connectivity index (χ1v) is 7.08. The van der Waals surface area contributed by atoms with Crippen LogP contribution in [-0.2, 0) is 9.47 Å². The van der Waals surface area contributed by atoms with Crippen LogP contribution < -0.4 is 0 Å². The van der Waals surface area contributed by atoms with Crippen LogP contribution in [0.5, 0.6) is 0 Å². The van der Waals surface area contributed by atoms with E-state index >= 15 is 0 Å². The van der Waals surface area contributed by atoms with Gasteiger partial charge in [0.15, 0.2) is 0 Å². The summed E-state index contributed by atoms with van der Waals surface area (Å²) in [6.07, 6.45) is -11.1. The second-order valence-corrected chi connectivity index (χ2v) is 5.21. The lowest BCUT2D eigenvalue weighted by Gasteiger charge is -2.31. The maximum absolute atomic E-state index is 12.9. The lowest BCUT2D eigenvalue weighted by atomic mass is 10.0. The molecule has 0 unspecified atom stereocenters. The molecule has 1 aliphatic heterocycles. The Hall–Kier alpha value is -0.500. The van der Waals surface area contributed by atoms with Crippen LogP contribution in [0.2, 0.25) is 0 Å². The van der Waals surface area contributed by atoms with Crippen molar-refractivity contribution in [2.24, 2.45) is 0 Å². The predicted molar refractivity (Wildman–Crippen MR) is 63.6 cm³/mol. The molecule has 1 aliphatic rings. The third-order valence-corrected chi connectivity index (χ3v) is 3.48. The minimum Gasteiger partial charge on any atom is -0.329 e. The van der Waals surface area contributed by atoms with Crippen LogP contribution in [0, 0.1) is 0 Å².